The SMILES string of the molecule is CC(C)c1ccc(/C=C/C(=O)OCCN2C(=O)c3ccccc3C2=O)cc1. The number of ether oxygens (including phenoxy) is 1. The van der Waals surface area contributed by atoms with Crippen LogP contribution in [0.25, 0.3) is 6.08 Å². The minimum Gasteiger partial charge on any atom is -0.461 e. The summed E-state index contributed by atoms with van der Waals surface area (Å²) in [5.41, 5.74) is 2.91. The molecule has 5 nitrogen and oxygen atoms in total. The van der Waals surface area contributed by atoms with Crippen molar-refractivity contribution in [2.45, 2.75) is 19.8 Å². The van der Waals surface area contributed by atoms with Gasteiger partial charge in [0, 0.05) is 6.08 Å². The molecule has 5 heteroatoms. The maximum absolute atomic E-state index is 12.2. The zero-order chi connectivity index (χ0) is 19.4. The van der Waals surface area contributed by atoms with E-state index in [1.807, 2.05) is 24.3 Å². The van der Waals surface area contributed by atoms with E-state index in [4.69, 9.17) is 4.74 Å². The molecule has 0 bridgehead atoms. The van der Waals surface area contributed by atoms with Gasteiger partial charge in [-0.3, -0.25) is 14.5 Å². The summed E-state index contributed by atoms with van der Waals surface area (Å²) in [7, 11) is 0. The van der Waals surface area contributed by atoms with Crippen LogP contribution in [-0.4, -0.2) is 35.8 Å². The molecule has 0 N–H and O–H groups in total. The molecule has 3 rings (SSSR count). The first-order valence-corrected chi connectivity index (χ1v) is 8.87. The first-order chi connectivity index (χ1) is 13.0. The topological polar surface area (TPSA) is 63.7 Å². The van der Waals surface area contributed by atoms with Gasteiger partial charge in [-0.25, -0.2) is 4.79 Å². The summed E-state index contributed by atoms with van der Waals surface area (Å²) in [6.45, 7) is 4.24. The molecule has 2 aromatic carbocycles. The second kappa shape index (κ2) is 7.99. The van der Waals surface area contributed by atoms with Crippen molar-refractivity contribution < 1.29 is 19.1 Å². The lowest BCUT2D eigenvalue weighted by Crippen LogP contribution is -2.33. The molecule has 0 atom stereocenters. The number of amides is 2. The predicted molar refractivity (Wildman–Crippen MR) is 102 cm³/mol. The Morgan fingerprint density at radius 1 is 1.00 bits per heavy atom. The van der Waals surface area contributed by atoms with Crippen molar-refractivity contribution in [3.8, 4) is 0 Å². The minimum atomic E-state index is -0.514. The Hall–Kier alpha value is -3.21. The molecule has 0 fully saturated rings. The van der Waals surface area contributed by atoms with Crippen molar-refractivity contribution in [3.63, 3.8) is 0 Å². The van der Waals surface area contributed by atoms with Crippen LogP contribution < -0.4 is 0 Å². The normalized spacial score (nSPS) is 13.5. The molecule has 1 aliphatic heterocycles. The number of carbonyl (C=O) groups excluding carboxylic acids is 3. The minimum absolute atomic E-state index is 0.0367. The zero-order valence-corrected chi connectivity index (χ0v) is 15.3. The van der Waals surface area contributed by atoms with Gasteiger partial charge in [-0.2, -0.15) is 0 Å². The van der Waals surface area contributed by atoms with E-state index in [2.05, 4.69) is 13.8 Å². The Balaban J connectivity index is 1.50. The summed E-state index contributed by atoms with van der Waals surface area (Å²) < 4.78 is 5.11. The lowest BCUT2D eigenvalue weighted by Gasteiger charge is -2.13. The molecule has 2 amide bonds. The van der Waals surface area contributed by atoms with Crippen LogP contribution in [0.5, 0.6) is 0 Å². The molecule has 1 aliphatic rings. The fraction of sp³-hybridized carbons (Fsp3) is 0.227. The molecule has 0 unspecified atom stereocenters. The summed E-state index contributed by atoms with van der Waals surface area (Å²) in [5.74, 6) is -0.769. The van der Waals surface area contributed by atoms with Gasteiger partial charge in [-0.05, 0) is 35.3 Å². The van der Waals surface area contributed by atoms with Crippen LogP contribution in [0.15, 0.2) is 54.6 Å². The van der Waals surface area contributed by atoms with E-state index < -0.39 is 5.97 Å². The number of fused-ring (bicyclic) bond motifs is 1. The first kappa shape index (κ1) is 18.6. The van der Waals surface area contributed by atoms with E-state index in [-0.39, 0.29) is 25.0 Å². The lowest BCUT2D eigenvalue weighted by molar-refractivity contribution is -0.137. The Kier molecular flexibility index (Phi) is 5.50. The maximum Gasteiger partial charge on any atom is 0.330 e. The Morgan fingerprint density at radius 3 is 2.15 bits per heavy atom. The number of rotatable bonds is 6. The van der Waals surface area contributed by atoms with Crippen molar-refractivity contribution in [2.75, 3.05) is 13.2 Å². The molecule has 1 heterocycles. The summed E-state index contributed by atoms with van der Waals surface area (Å²) in [6.07, 6.45) is 3.02. The van der Waals surface area contributed by atoms with Crippen LogP contribution in [0.3, 0.4) is 0 Å². The van der Waals surface area contributed by atoms with Gasteiger partial charge < -0.3 is 4.74 Å². The lowest BCUT2D eigenvalue weighted by atomic mass is 10.0. The predicted octanol–water partition coefficient (Wildman–Crippen LogP) is 3.66. The first-order valence-electron chi connectivity index (χ1n) is 8.87. The molecule has 0 aliphatic carbocycles. The summed E-state index contributed by atoms with van der Waals surface area (Å²) in [6, 6.07) is 14.6. The summed E-state index contributed by atoms with van der Waals surface area (Å²) in [5, 5.41) is 0. The van der Waals surface area contributed by atoms with E-state index >= 15 is 0 Å². The van der Waals surface area contributed by atoms with Gasteiger partial charge in [-0.1, -0.05) is 50.2 Å². The molecule has 138 valence electrons. The van der Waals surface area contributed by atoms with Crippen molar-refractivity contribution in [2.24, 2.45) is 0 Å². The quantitative estimate of drug-likeness (QED) is 0.446. The Bertz CT molecular complexity index is 862. The molecule has 27 heavy (non-hydrogen) atoms. The number of nitrogens with zero attached hydrogens (tertiary/aromatic N) is 1. The van der Waals surface area contributed by atoms with Gasteiger partial charge in [0.05, 0.1) is 17.7 Å². The average molecular weight is 363 g/mol. The van der Waals surface area contributed by atoms with Gasteiger partial charge in [-0.15, -0.1) is 0 Å². The fourth-order valence-electron chi connectivity index (χ4n) is 2.88. The molecule has 0 spiro atoms. The van der Waals surface area contributed by atoms with E-state index in [0.717, 1.165) is 10.5 Å². The van der Waals surface area contributed by atoms with Crippen LogP contribution >= 0.6 is 0 Å². The molecule has 0 radical (unpaired) electrons. The molecular formula is C22H21NO4. The smallest absolute Gasteiger partial charge is 0.330 e. The van der Waals surface area contributed by atoms with Crippen LogP contribution in [-0.2, 0) is 9.53 Å². The second-order valence-electron chi connectivity index (χ2n) is 6.63. The van der Waals surface area contributed by atoms with Gasteiger partial charge >= 0.3 is 5.97 Å². The van der Waals surface area contributed by atoms with Gasteiger partial charge in [0.15, 0.2) is 0 Å². The third-order valence-electron chi connectivity index (χ3n) is 4.45. The van der Waals surface area contributed by atoms with Gasteiger partial charge in [0.25, 0.3) is 11.8 Å². The standard InChI is InChI=1S/C22H21NO4/c1-15(2)17-10-7-16(8-11-17)9-12-20(24)27-14-13-23-21(25)18-5-3-4-6-19(18)22(23)26/h3-12,15H,13-14H2,1-2H3/b12-9+. The van der Waals surface area contributed by atoms with Crippen LogP contribution in [0.2, 0.25) is 0 Å². The highest BCUT2D eigenvalue weighted by molar-refractivity contribution is 6.21. The molecule has 0 saturated carbocycles. The molecule has 0 saturated heterocycles. The monoisotopic (exact) mass is 363 g/mol. The Labute approximate surface area is 158 Å². The largest absolute Gasteiger partial charge is 0.461 e. The Morgan fingerprint density at radius 2 is 1.59 bits per heavy atom. The number of hydrogen-bond acceptors (Lipinski definition) is 4. The number of carbonyl (C=O) groups is 3. The van der Waals surface area contributed by atoms with Crippen molar-refractivity contribution in [3.05, 3.63) is 76.9 Å². The average Bonchev–Trinajstić information content (AvgIpc) is 2.92. The van der Waals surface area contributed by atoms with Crippen molar-refractivity contribution in [1.29, 1.82) is 0 Å². The van der Waals surface area contributed by atoms with E-state index in [1.165, 1.54) is 11.6 Å². The maximum atomic E-state index is 12.2. The highest BCUT2D eigenvalue weighted by Gasteiger charge is 2.34. The van der Waals surface area contributed by atoms with Gasteiger partial charge in [0.1, 0.15) is 6.61 Å². The number of benzene rings is 2. The van der Waals surface area contributed by atoms with E-state index in [0.29, 0.717) is 17.0 Å². The molecule has 0 aromatic heterocycles. The number of hydrogen-bond donors (Lipinski definition) is 0. The third-order valence-corrected chi connectivity index (χ3v) is 4.45. The highest BCUT2D eigenvalue weighted by atomic mass is 16.5. The summed E-state index contributed by atoms with van der Waals surface area (Å²) in [4.78, 5) is 37.4. The number of esters is 1. The molecular weight excluding hydrogens is 342 g/mol. The van der Waals surface area contributed by atoms with Crippen molar-refractivity contribution in [1.82, 2.24) is 4.90 Å². The zero-order valence-electron chi connectivity index (χ0n) is 15.3. The van der Waals surface area contributed by atoms with Crippen LogP contribution in [0.4, 0.5) is 0 Å². The summed E-state index contributed by atoms with van der Waals surface area (Å²) >= 11 is 0. The second-order valence-corrected chi connectivity index (χ2v) is 6.63. The fourth-order valence-corrected chi connectivity index (χ4v) is 2.88. The molecule has 2 aromatic rings. The number of imide groups is 1. The van der Waals surface area contributed by atoms with E-state index in [9.17, 15) is 14.4 Å². The van der Waals surface area contributed by atoms with Gasteiger partial charge in [0.2, 0.25) is 0 Å². The van der Waals surface area contributed by atoms with Crippen LogP contribution in [0, 0.1) is 0 Å². The van der Waals surface area contributed by atoms with Crippen molar-refractivity contribution >= 4 is 23.9 Å². The van der Waals surface area contributed by atoms with E-state index in [1.54, 1.807) is 30.3 Å². The van der Waals surface area contributed by atoms with Crippen LogP contribution in [0.1, 0.15) is 51.6 Å². The highest BCUT2D eigenvalue weighted by Crippen LogP contribution is 2.22. The third kappa shape index (κ3) is 4.14.